The van der Waals surface area contributed by atoms with Crippen molar-refractivity contribution in [2.24, 2.45) is 0 Å². The van der Waals surface area contributed by atoms with Crippen LogP contribution in [0.1, 0.15) is 0 Å². The monoisotopic (exact) mass is 1640 g/mol. The Labute approximate surface area is 727 Å². The molecule has 27 aromatic rings. The number of benzene rings is 18. The fourth-order valence-corrected chi connectivity index (χ4v) is 18.1. The molecule has 0 aliphatic carbocycles. The first-order valence-corrected chi connectivity index (χ1v) is 42.3. The third kappa shape index (κ3) is 12.6. The van der Waals surface area contributed by atoms with E-state index in [0.717, 1.165) is 198 Å². The summed E-state index contributed by atoms with van der Waals surface area (Å²) in [5.74, 6) is 5.33. The quantitative estimate of drug-likeness (QED) is 0.125. The van der Waals surface area contributed by atoms with Gasteiger partial charge in [-0.3, -0.25) is 0 Å². The number of hydrogen-bond donors (Lipinski definition) is 0. The van der Waals surface area contributed by atoms with Crippen LogP contribution in [0.25, 0.3) is 267 Å². The lowest BCUT2D eigenvalue weighted by atomic mass is 10.00. The molecule has 0 aliphatic heterocycles. The first-order valence-electron chi connectivity index (χ1n) is 42.3. The number of nitrogens with zero attached hydrogens (tertiary/aromatic N) is 9. The van der Waals surface area contributed by atoms with Crippen molar-refractivity contribution in [2.45, 2.75) is 0 Å². The summed E-state index contributed by atoms with van der Waals surface area (Å²) >= 11 is 0. The van der Waals surface area contributed by atoms with Crippen LogP contribution in [-0.4, -0.2) is 44.9 Å². The first kappa shape index (κ1) is 73.1. The van der Waals surface area contributed by atoms with Gasteiger partial charge >= 0.3 is 0 Å². The fraction of sp³-hybridized carbons (Fsp3) is 0. The van der Waals surface area contributed by atoms with Crippen molar-refractivity contribution >= 4 is 153 Å². The molecule has 0 spiro atoms. The third-order valence-electron chi connectivity index (χ3n) is 24.0. The highest BCUT2D eigenvalue weighted by molar-refractivity contribution is 6.18. The van der Waals surface area contributed by atoms with Crippen molar-refractivity contribution in [1.82, 2.24) is 44.9 Å². The molecule has 18 aromatic carbocycles. The average molecular weight is 1640 g/mol. The minimum absolute atomic E-state index is 0.579. The number of hydrogen-bond acceptors (Lipinski definition) is 15. The van der Waals surface area contributed by atoms with Crippen molar-refractivity contribution in [1.29, 1.82) is 0 Å². The van der Waals surface area contributed by atoms with Crippen LogP contribution >= 0.6 is 0 Å². The summed E-state index contributed by atoms with van der Waals surface area (Å²) in [5.41, 5.74) is 20.2. The molecule has 0 fully saturated rings. The minimum atomic E-state index is 0.579. The zero-order valence-corrected chi connectivity index (χ0v) is 68.0. The Morgan fingerprint density at radius 2 is 0.328 bits per heavy atom. The second kappa shape index (κ2) is 30.1. The van der Waals surface area contributed by atoms with E-state index in [0.29, 0.717) is 52.4 Å². The van der Waals surface area contributed by atoms with Crippen molar-refractivity contribution in [2.75, 3.05) is 0 Å². The SMILES string of the molecule is c1ccc(-c2nc(-c3cccc4oc5ccccc5c34)nc(-c3cccc4oc5ccccc5c34)n2)cc1.c1ccc2cc(-c3ccc(-c4nc(-c5cccc6oc7ccccc7c56)nc(-c5cccc6oc7ccccc7c56)n4)cc3)ccc2c1.c1ccc2cc(-c3nc(-c4cccc5oc6ccccc6c45)nc(-c4cccc5oc6ccccc6c45)n3)ccc2c1. The molecule has 15 nitrogen and oxygen atoms in total. The number of rotatable bonds is 10. The summed E-state index contributed by atoms with van der Waals surface area (Å²) in [6, 6.07) is 133. The van der Waals surface area contributed by atoms with E-state index in [-0.39, 0.29) is 0 Å². The molecule has 128 heavy (non-hydrogen) atoms. The van der Waals surface area contributed by atoms with Gasteiger partial charge in [-0.25, -0.2) is 44.9 Å². The lowest BCUT2D eigenvalue weighted by Gasteiger charge is -2.11. The van der Waals surface area contributed by atoms with Gasteiger partial charge in [-0.15, -0.1) is 0 Å². The maximum atomic E-state index is 6.24. The van der Waals surface area contributed by atoms with Gasteiger partial charge in [0, 0.05) is 115 Å². The topological polar surface area (TPSA) is 195 Å². The van der Waals surface area contributed by atoms with E-state index in [1.54, 1.807) is 0 Å². The molecule has 0 atom stereocenters. The zero-order valence-electron chi connectivity index (χ0n) is 68.0. The number of para-hydroxylation sites is 6. The molecule has 0 unspecified atom stereocenters. The summed E-state index contributed by atoms with van der Waals surface area (Å²) in [5, 5.41) is 16.8. The van der Waals surface area contributed by atoms with E-state index in [9.17, 15) is 0 Å². The van der Waals surface area contributed by atoms with E-state index < -0.39 is 0 Å². The van der Waals surface area contributed by atoms with Crippen LogP contribution in [0.5, 0.6) is 0 Å². The predicted octanol–water partition coefficient (Wildman–Crippen LogP) is 30.0. The summed E-state index contributed by atoms with van der Waals surface area (Å²) in [6.07, 6.45) is 0. The van der Waals surface area contributed by atoms with Gasteiger partial charge in [0.15, 0.2) is 52.4 Å². The Bertz CT molecular complexity index is 8740. The Morgan fingerprint density at radius 3 is 0.625 bits per heavy atom. The summed E-state index contributed by atoms with van der Waals surface area (Å²) in [4.78, 5) is 45.7. The lowest BCUT2D eigenvalue weighted by Crippen LogP contribution is -2.00. The Kier molecular flexibility index (Phi) is 17.2. The Balaban J connectivity index is 0.000000105. The van der Waals surface area contributed by atoms with Crippen molar-refractivity contribution in [3.05, 3.63) is 394 Å². The molecule has 9 heterocycles. The molecule has 15 heteroatoms. The van der Waals surface area contributed by atoms with Gasteiger partial charge < -0.3 is 26.5 Å². The van der Waals surface area contributed by atoms with E-state index in [2.05, 4.69) is 158 Å². The lowest BCUT2D eigenvalue weighted by molar-refractivity contribution is 0.668. The second-order valence-corrected chi connectivity index (χ2v) is 31.6. The maximum Gasteiger partial charge on any atom is 0.164 e. The molecule has 0 amide bonds. The molecule has 0 bridgehead atoms. The molecule has 0 N–H and O–H groups in total. The first-order chi connectivity index (χ1) is 63.4. The standard InChI is InChI=1S/C43H25N3O2.C37H21N3O2.C33H19N3O2/c1-2-10-29-25-30(24-21-26(29)9-1)27-19-22-28(23-20-27)41-44-42(33-13-7-17-37-39(33)31-11-3-5-15-35(31)47-37)46-43(45-41)34-14-8-18-38-40(34)32-12-4-6-16-36(32)48-38;1-2-10-23-21-24(20-19-22(23)9-1)35-38-36(27-13-7-17-31-33(27)25-11-3-5-15-29(25)41-31)40-37(39-35)28-14-8-18-32-34(28)26-12-4-6-16-30(26)42-32;1-2-10-20(11-3-1)31-34-32(23-14-8-18-27-29(23)21-12-4-6-16-25(21)37-27)36-33(35-31)24-15-9-19-28-30(24)22-13-5-7-17-26(22)38-28/h1-25H;1-21H;1-19H. The van der Waals surface area contributed by atoms with Crippen LogP contribution in [0.15, 0.2) is 421 Å². The largest absolute Gasteiger partial charge is 0.456 e. The van der Waals surface area contributed by atoms with Gasteiger partial charge in [0.05, 0.1) is 0 Å². The van der Waals surface area contributed by atoms with Crippen LogP contribution in [-0.2, 0) is 0 Å². The molecule has 0 saturated heterocycles. The Morgan fingerprint density at radius 1 is 0.125 bits per heavy atom. The van der Waals surface area contributed by atoms with Gasteiger partial charge in [-0.1, -0.05) is 309 Å². The smallest absolute Gasteiger partial charge is 0.164 e. The number of aromatic nitrogens is 9. The van der Waals surface area contributed by atoms with Gasteiger partial charge in [0.2, 0.25) is 0 Å². The highest BCUT2D eigenvalue weighted by Gasteiger charge is 2.26. The van der Waals surface area contributed by atoms with E-state index in [1.165, 1.54) is 16.2 Å². The zero-order chi connectivity index (χ0) is 84.3. The van der Waals surface area contributed by atoms with Crippen molar-refractivity contribution < 1.29 is 26.5 Å². The van der Waals surface area contributed by atoms with Crippen LogP contribution in [0.3, 0.4) is 0 Å². The normalized spacial score (nSPS) is 11.8. The van der Waals surface area contributed by atoms with Gasteiger partial charge in [-0.2, -0.15) is 0 Å². The molecule has 9 aromatic heterocycles. The predicted molar refractivity (Wildman–Crippen MR) is 513 cm³/mol. The van der Waals surface area contributed by atoms with Gasteiger partial charge in [0.1, 0.15) is 67.0 Å². The summed E-state index contributed by atoms with van der Waals surface area (Å²) < 4.78 is 37.2. The van der Waals surface area contributed by atoms with Gasteiger partial charge in [0.25, 0.3) is 0 Å². The maximum absolute atomic E-state index is 6.24. The molecule has 27 rings (SSSR count). The average Bonchev–Trinajstić information content (AvgIpc) is 1.55. The molecule has 0 saturated carbocycles. The van der Waals surface area contributed by atoms with Crippen molar-refractivity contribution in [3.8, 4) is 114 Å². The fourth-order valence-electron chi connectivity index (χ4n) is 18.1. The second-order valence-electron chi connectivity index (χ2n) is 31.6. The van der Waals surface area contributed by atoms with Crippen LogP contribution in [0, 0.1) is 0 Å². The molecule has 598 valence electrons. The highest BCUT2D eigenvalue weighted by atomic mass is 16.3. The number of fused-ring (bicyclic) bond motifs is 20. The van der Waals surface area contributed by atoms with E-state index in [4.69, 9.17) is 71.4 Å². The molecular formula is C113H65N9O6. The molecular weight excluding hydrogens is 1580 g/mol. The van der Waals surface area contributed by atoms with Crippen LogP contribution in [0.2, 0.25) is 0 Å². The highest BCUT2D eigenvalue weighted by Crippen LogP contribution is 2.45. The van der Waals surface area contributed by atoms with Crippen molar-refractivity contribution in [3.63, 3.8) is 0 Å². The van der Waals surface area contributed by atoms with E-state index >= 15 is 0 Å². The minimum Gasteiger partial charge on any atom is -0.456 e. The third-order valence-corrected chi connectivity index (χ3v) is 24.0. The summed E-state index contributed by atoms with van der Waals surface area (Å²) in [7, 11) is 0. The van der Waals surface area contributed by atoms with Gasteiger partial charge in [-0.05, 0) is 118 Å². The van der Waals surface area contributed by atoms with Crippen LogP contribution in [0.4, 0.5) is 0 Å². The number of furan rings is 6. The van der Waals surface area contributed by atoms with Crippen LogP contribution < -0.4 is 0 Å². The molecule has 0 aliphatic rings. The molecule has 0 radical (unpaired) electrons. The Hall–Kier alpha value is -17.7. The van der Waals surface area contributed by atoms with E-state index in [1.807, 2.05) is 237 Å². The summed E-state index contributed by atoms with van der Waals surface area (Å²) in [6.45, 7) is 0.